The lowest BCUT2D eigenvalue weighted by atomic mass is 10.00. The van der Waals surface area contributed by atoms with E-state index in [4.69, 9.17) is 10.5 Å². The molecule has 0 aromatic carbocycles. The average molecular weight is 283 g/mol. The lowest BCUT2D eigenvalue weighted by Gasteiger charge is -2.20. The Morgan fingerprint density at radius 3 is 3.21 bits per heavy atom. The molecule has 1 fully saturated rings. The van der Waals surface area contributed by atoms with Gasteiger partial charge in [-0.15, -0.1) is 0 Å². The molecule has 2 atom stereocenters. The summed E-state index contributed by atoms with van der Waals surface area (Å²) < 4.78 is 5.49. The van der Waals surface area contributed by atoms with Gasteiger partial charge in [0, 0.05) is 13.2 Å². The Hall–Kier alpha value is -1.11. The molecule has 0 saturated carbocycles. The Kier molecular flexibility index (Phi) is 4.79. The molecule has 0 aliphatic carbocycles. The molecule has 5 nitrogen and oxygen atoms in total. The third-order valence-corrected chi connectivity index (χ3v) is 3.92. The molecule has 1 saturated heterocycles. The highest BCUT2D eigenvalue weighted by atomic mass is 32.1. The highest BCUT2D eigenvalue weighted by Gasteiger charge is 2.23. The number of aliphatic imine (C=N–C) groups is 1. The summed E-state index contributed by atoms with van der Waals surface area (Å²) in [5, 5.41) is 17.2. The lowest BCUT2D eigenvalue weighted by Crippen LogP contribution is -2.38. The molecule has 106 valence electrons. The van der Waals surface area contributed by atoms with E-state index < -0.39 is 5.60 Å². The minimum atomic E-state index is -0.976. The van der Waals surface area contributed by atoms with Crippen molar-refractivity contribution in [1.29, 1.82) is 0 Å². The topological polar surface area (TPSA) is 79.9 Å². The van der Waals surface area contributed by atoms with Gasteiger partial charge in [-0.3, -0.25) is 4.99 Å². The minimum Gasteiger partial charge on any atom is -0.383 e. The van der Waals surface area contributed by atoms with Crippen LogP contribution in [0.25, 0.3) is 0 Å². The number of hydrogen-bond acceptors (Lipinski definition) is 4. The fourth-order valence-corrected chi connectivity index (χ4v) is 2.76. The lowest BCUT2D eigenvalue weighted by molar-refractivity contribution is 0.0677. The van der Waals surface area contributed by atoms with Crippen molar-refractivity contribution in [3.05, 3.63) is 22.4 Å². The van der Waals surface area contributed by atoms with E-state index >= 15 is 0 Å². The van der Waals surface area contributed by atoms with E-state index in [1.54, 1.807) is 18.3 Å². The molecule has 2 unspecified atom stereocenters. The van der Waals surface area contributed by atoms with E-state index in [2.05, 4.69) is 10.3 Å². The summed E-state index contributed by atoms with van der Waals surface area (Å²) in [6.07, 6.45) is 2.40. The third-order valence-electron chi connectivity index (χ3n) is 3.24. The van der Waals surface area contributed by atoms with Crippen molar-refractivity contribution in [2.45, 2.75) is 31.5 Å². The van der Waals surface area contributed by atoms with Crippen LogP contribution in [0.2, 0.25) is 0 Å². The van der Waals surface area contributed by atoms with Crippen LogP contribution in [0.15, 0.2) is 21.8 Å². The van der Waals surface area contributed by atoms with Crippen molar-refractivity contribution in [3.8, 4) is 0 Å². The first kappa shape index (κ1) is 14.3. The molecule has 1 aromatic heterocycles. The molecule has 0 spiro atoms. The summed E-state index contributed by atoms with van der Waals surface area (Å²) >= 11 is 1.56. The van der Waals surface area contributed by atoms with Crippen molar-refractivity contribution in [2.75, 3.05) is 19.7 Å². The van der Waals surface area contributed by atoms with E-state index in [1.807, 2.05) is 16.8 Å². The second-order valence-corrected chi connectivity index (χ2v) is 5.78. The van der Waals surface area contributed by atoms with Crippen LogP contribution in [0.4, 0.5) is 0 Å². The number of aliphatic hydroxyl groups is 1. The first-order valence-corrected chi connectivity index (χ1v) is 7.42. The summed E-state index contributed by atoms with van der Waals surface area (Å²) in [6, 6.07) is 1.90. The van der Waals surface area contributed by atoms with Gasteiger partial charge < -0.3 is 20.9 Å². The molecule has 2 heterocycles. The van der Waals surface area contributed by atoms with Gasteiger partial charge in [0.2, 0.25) is 0 Å². The van der Waals surface area contributed by atoms with E-state index in [-0.39, 0.29) is 12.6 Å². The molecule has 2 rings (SSSR count). The Labute approximate surface area is 117 Å². The normalized spacial score (nSPS) is 23.3. The number of nitrogens with one attached hydrogen (secondary N) is 1. The minimum absolute atomic E-state index is 0.228. The number of ether oxygens (including phenoxy) is 1. The van der Waals surface area contributed by atoms with Gasteiger partial charge in [-0.1, -0.05) is 0 Å². The van der Waals surface area contributed by atoms with Gasteiger partial charge in [0.25, 0.3) is 0 Å². The number of hydrogen-bond donors (Lipinski definition) is 3. The fraction of sp³-hybridized carbons (Fsp3) is 0.615. The summed E-state index contributed by atoms with van der Waals surface area (Å²) in [4.78, 5) is 4.20. The molecule has 0 amide bonds. The standard InChI is InChI=1S/C13H21N3O2S/c1-13(17,10-4-6-19-8-10)9-16-12(14)15-7-11-3-2-5-18-11/h4,6,8,11,17H,2-3,5,7,9H2,1H3,(H3,14,15,16). The smallest absolute Gasteiger partial charge is 0.188 e. The van der Waals surface area contributed by atoms with Gasteiger partial charge in [0.15, 0.2) is 5.96 Å². The van der Waals surface area contributed by atoms with Crippen LogP contribution in [0.1, 0.15) is 25.3 Å². The van der Waals surface area contributed by atoms with Crippen LogP contribution in [0.3, 0.4) is 0 Å². The molecular formula is C13H21N3O2S. The zero-order chi connectivity index (χ0) is 13.7. The third kappa shape index (κ3) is 4.19. The SMILES string of the molecule is CC(O)(CN=C(N)NCC1CCCO1)c1ccsc1. The maximum Gasteiger partial charge on any atom is 0.188 e. The number of guanidine groups is 1. The molecule has 0 radical (unpaired) electrons. The van der Waals surface area contributed by atoms with Crippen molar-refractivity contribution < 1.29 is 9.84 Å². The van der Waals surface area contributed by atoms with E-state index in [1.165, 1.54) is 0 Å². The van der Waals surface area contributed by atoms with Crippen LogP contribution in [-0.2, 0) is 10.3 Å². The van der Waals surface area contributed by atoms with E-state index in [0.29, 0.717) is 12.5 Å². The predicted molar refractivity (Wildman–Crippen MR) is 77.4 cm³/mol. The van der Waals surface area contributed by atoms with Crippen LogP contribution in [0, 0.1) is 0 Å². The predicted octanol–water partition coefficient (Wildman–Crippen LogP) is 1.04. The molecule has 19 heavy (non-hydrogen) atoms. The first-order chi connectivity index (χ1) is 9.08. The van der Waals surface area contributed by atoms with Crippen molar-refractivity contribution in [1.82, 2.24) is 5.32 Å². The quantitative estimate of drug-likeness (QED) is 0.557. The zero-order valence-electron chi connectivity index (χ0n) is 11.1. The Morgan fingerprint density at radius 1 is 1.74 bits per heavy atom. The summed E-state index contributed by atoms with van der Waals surface area (Å²) in [5.41, 5.74) is 5.68. The Morgan fingerprint density at radius 2 is 2.58 bits per heavy atom. The van der Waals surface area contributed by atoms with Gasteiger partial charge in [-0.25, -0.2) is 0 Å². The van der Waals surface area contributed by atoms with Crippen molar-refractivity contribution in [2.24, 2.45) is 10.7 Å². The fourth-order valence-electron chi connectivity index (χ4n) is 1.98. The van der Waals surface area contributed by atoms with Crippen molar-refractivity contribution in [3.63, 3.8) is 0 Å². The monoisotopic (exact) mass is 283 g/mol. The second kappa shape index (κ2) is 6.36. The molecule has 1 aromatic rings. The Balaban J connectivity index is 1.80. The molecular weight excluding hydrogens is 262 g/mol. The van der Waals surface area contributed by atoms with E-state index in [9.17, 15) is 5.11 Å². The van der Waals surface area contributed by atoms with Gasteiger partial charge in [-0.05, 0) is 42.2 Å². The largest absolute Gasteiger partial charge is 0.383 e. The summed E-state index contributed by atoms with van der Waals surface area (Å²) in [5.74, 6) is 0.353. The average Bonchev–Trinajstić information content (AvgIpc) is 3.06. The van der Waals surface area contributed by atoms with Crippen LogP contribution in [0.5, 0.6) is 0 Å². The first-order valence-electron chi connectivity index (χ1n) is 6.48. The van der Waals surface area contributed by atoms with Crippen LogP contribution < -0.4 is 11.1 Å². The molecule has 0 bridgehead atoms. The number of rotatable bonds is 5. The highest BCUT2D eigenvalue weighted by molar-refractivity contribution is 7.08. The zero-order valence-corrected chi connectivity index (χ0v) is 11.9. The van der Waals surface area contributed by atoms with Gasteiger partial charge in [0.05, 0.1) is 12.6 Å². The van der Waals surface area contributed by atoms with Gasteiger partial charge in [-0.2, -0.15) is 11.3 Å². The summed E-state index contributed by atoms with van der Waals surface area (Å²) in [7, 11) is 0. The van der Waals surface area contributed by atoms with Gasteiger partial charge in [0.1, 0.15) is 5.60 Å². The molecule has 6 heteroatoms. The van der Waals surface area contributed by atoms with Crippen LogP contribution in [-0.4, -0.2) is 36.9 Å². The molecule has 1 aliphatic heterocycles. The van der Waals surface area contributed by atoms with Gasteiger partial charge >= 0.3 is 0 Å². The number of thiophene rings is 1. The van der Waals surface area contributed by atoms with Crippen molar-refractivity contribution >= 4 is 17.3 Å². The summed E-state index contributed by atoms with van der Waals surface area (Å²) in [6.45, 7) is 3.49. The number of nitrogens with two attached hydrogens (primary N) is 1. The maximum absolute atomic E-state index is 10.3. The second-order valence-electron chi connectivity index (χ2n) is 5.00. The maximum atomic E-state index is 10.3. The van der Waals surface area contributed by atoms with Crippen LogP contribution >= 0.6 is 11.3 Å². The Bertz CT molecular complexity index is 412. The molecule has 4 N–H and O–H groups in total. The highest BCUT2D eigenvalue weighted by Crippen LogP contribution is 2.23. The molecule has 1 aliphatic rings. The van der Waals surface area contributed by atoms with E-state index in [0.717, 1.165) is 25.0 Å². The number of nitrogens with zero attached hydrogens (tertiary/aromatic N) is 1.